The van der Waals surface area contributed by atoms with E-state index >= 15 is 0 Å². The molecule has 1 fully saturated rings. The summed E-state index contributed by atoms with van der Waals surface area (Å²) >= 11 is 0. The smallest absolute Gasteiger partial charge is 0.406 e. The summed E-state index contributed by atoms with van der Waals surface area (Å²) in [5, 5.41) is 0. The van der Waals surface area contributed by atoms with Gasteiger partial charge in [0.25, 0.3) is 0 Å². The molecular formula is C19H15F4N5O2. The van der Waals surface area contributed by atoms with Gasteiger partial charge in [0.1, 0.15) is 22.8 Å². The van der Waals surface area contributed by atoms with Crippen LogP contribution in [0.5, 0.6) is 5.75 Å². The molecule has 0 saturated carbocycles. The zero-order valence-corrected chi connectivity index (χ0v) is 15.6. The number of carbonyl (C=O) groups is 1. The fourth-order valence-corrected chi connectivity index (χ4v) is 3.21. The molecule has 1 aromatic carbocycles. The summed E-state index contributed by atoms with van der Waals surface area (Å²) in [6.45, 7) is 0.866. The van der Waals surface area contributed by atoms with Gasteiger partial charge in [-0.15, -0.1) is 13.2 Å². The zero-order chi connectivity index (χ0) is 21.5. The van der Waals surface area contributed by atoms with Crippen LogP contribution in [-0.2, 0) is 11.8 Å². The van der Waals surface area contributed by atoms with Crippen molar-refractivity contribution < 1.29 is 27.1 Å². The van der Waals surface area contributed by atoms with Gasteiger partial charge in [-0.3, -0.25) is 4.79 Å². The Morgan fingerprint density at radius 2 is 1.90 bits per heavy atom. The molecule has 0 spiro atoms. The number of aryl methyl sites for hydroxylation is 1. The number of benzene rings is 1. The molecule has 0 radical (unpaired) electrons. The first-order chi connectivity index (χ1) is 14.2. The molecular weight excluding hydrogens is 406 g/mol. The topological polar surface area (TPSA) is 73.1 Å². The van der Waals surface area contributed by atoms with Gasteiger partial charge in [-0.1, -0.05) is 0 Å². The molecule has 2 aromatic heterocycles. The van der Waals surface area contributed by atoms with Crippen LogP contribution < -0.4 is 4.74 Å². The number of nitrogens with zero attached hydrogens (tertiary/aromatic N) is 5. The number of imidazole rings is 1. The number of ether oxygens (including phenoxy) is 1. The van der Waals surface area contributed by atoms with Gasteiger partial charge < -0.3 is 14.2 Å². The third-order valence-corrected chi connectivity index (χ3v) is 4.63. The molecule has 1 aliphatic rings. The van der Waals surface area contributed by atoms with Crippen LogP contribution in [0.25, 0.3) is 22.4 Å². The minimum absolute atomic E-state index is 0.0911. The maximum absolute atomic E-state index is 13.1. The van der Waals surface area contributed by atoms with Gasteiger partial charge in [0.15, 0.2) is 17.8 Å². The molecule has 3 aromatic rings. The minimum Gasteiger partial charge on any atom is -0.406 e. The van der Waals surface area contributed by atoms with Crippen molar-refractivity contribution in [2.45, 2.75) is 12.3 Å². The van der Waals surface area contributed by atoms with Crippen molar-refractivity contribution in [1.29, 1.82) is 0 Å². The van der Waals surface area contributed by atoms with E-state index in [1.54, 1.807) is 22.8 Å². The highest BCUT2D eigenvalue weighted by molar-refractivity contribution is 5.87. The molecule has 0 aliphatic carbocycles. The van der Waals surface area contributed by atoms with Gasteiger partial charge in [0.2, 0.25) is 0 Å². The number of aldehydes is 1. The third-order valence-electron chi connectivity index (χ3n) is 4.63. The summed E-state index contributed by atoms with van der Waals surface area (Å²) in [5.74, 6) is -0.783. The number of hydrogen-bond acceptors (Lipinski definition) is 6. The first-order valence-corrected chi connectivity index (χ1v) is 8.85. The van der Waals surface area contributed by atoms with Crippen molar-refractivity contribution in [2.75, 3.05) is 13.1 Å². The number of rotatable bonds is 5. The molecule has 0 unspecified atom stereocenters. The van der Waals surface area contributed by atoms with Crippen molar-refractivity contribution in [3.05, 3.63) is 48.4 Å². The number of carbonyl (C=O) groups excluding carboxylic acids is 1. The van der Waals surface area contributed by atoms with Crippen molar-refractivity contribution in [3.8, 4) is 17.0 Å². The average molecular weight is 421 g/mol. The predicted octanol–water partition coefficient (Wildman–Crippen LogP) is 3.34. The van der Waals surface area contributed by atoms with Crippen molar-refractivity contribution in [3.63, 3.8) is 0 Å². The molecule has 1 aliphatic heterocycles. The van der Waals surface area contributed by atoms with Crippen molar-refractivity contribution >= 4 is 17.5 Å². The highest BCUT2D eigenvalue weighted by atomic mass is 19.4. The van der Waals surface area contributed by atoms with Crippen LogP contribution >= 0.6 is 0 Å². The quantitative estimate of drug-likeness (QED) is 0.358. The highest BCUT2D eigenvalue weighted by Gasteiger charge is 2.32. The van der Waals surface area contributed by atoms with Crippen LogP contribution in [0.3, 0.4) is 0 Å². The second-order valence-corrected chi connectivity index (χ2v) is 6.81. The largest absolute Gasteiger partial charge is 0.573 e. The Balaban J connectivity index is 1.66. The first kappa shape index (κ1) is 19.8. The number of aromatic nitrogens is 4. The van der Waals surface area contributed by atoms with E-state index < -0.39 is 12.2 Å². The fourth-order valence-electron chi connectivity index (χ4n) is 3.21. The lowest BCUT2D eigenvalue weighted by molar-refractivity contribution is -0.274. The third kappa shape index (κ3) is 3.95. The summed E-state index contributed by atoms with van der Waals surface area (Å²) in [6, 6.07) is 5.35. The monoisotopic (exact) mass is 421 g/mol. The molecule has 0 bridgehead atoms. The standard InChI is InChI=1S/C19H15F4N5O2/c1-27-10-24-16-15(11-2-4-14(5-3-11)30-19(21,22)23)25-17(26-18(16)27)12-6-28(7-12)8-13(20)9-29/h2-5,8-10,12H,6-7H2,1H3. The van der Waals surface area contributed by atoms with E-state index in [-0.39, 0.29) is 18.0 Å². The molecule has 0 atom stereocenters. The summed E-state index contributed by atoms with van der Waals surface area (Å²) in [7, 11) is 1.77. The molecule has 30 heavy (non-hydrogen) atoms. The van der Waals surface area contributed by atoms with E-state index in [1.807, 2.05) is 0 Å². The van der Waals surface area contributed by atoms with Crippen LogP contribution in [0.2, 0.25) is 0 Å². The van der Waals surface area contributed by atoms with E-state index in [0.29, 0.717) is 41.3 Å². The van der Waals surface area contributed by atoms with Gasteiger partial charge in [-0.2, -0.15) is 0 Å². The van der Waals surface area contributed by atoms with E-state index in [9.17, 15) is 22.4 Å². The Morgan fingerprint density at radius 1 is 1.20 bits per heavy atom. The summed E-state index contributed by atoms with van der Waals surface area (Å²) < 4.78 is 55.9. The number of alkyl halides is 3. The minimum atomic E-state index is -4.77. The van der Waals surface area contributed by atoms with E-state index in [4.69, 9.17) is 0 Å². The molecule has 4 rings (SSSR count). The van der Waals surface area contributed by atoms with Crippen LogP contribution in [0.15, 0.2) is 42.6 Å². The molecule has 3 heterocycles. The molecule has 1 saturated heterocycles. The Kier molecular flexibility index (Phi) is 4.88. The second kappa shape index (κ2) is 7.39. The normalized spacial score (nSPS) is 15.4. The number of likely N-dealkylation sites (tertiary alicyclic amines) is 1. The molecule has 11 heteroatoms. The lowest BCUT2D eigenvalue weighted by atomic mass is 9.99. The van der Waals surface area contributed by atoms with Gasteiger partial charge in [0, 0.05) is 31.9 Å². The van der Waals surface area contributed by atoms with Crippen LogP contribution in [-0.4, -0.2) is 50.2 Å². The SMILES string of the molecule is Cn1cnc2c(-c3ccc(OC(F)(F)F)cc3)nc(C3CN(C=C(F)C=O)C3)nc21. The molecule has 0 N–H and O–H groups in total. The first-order valence-electron chi connectivity index (χ1n) is 8.85. The van der Waals surface area contributed by atoms with Gasteiger partial charge in [0.05, 0.1) is 12.2 Å². The van der Waals surface area contributed by atoms with E-state index in [2.05, 4.69) is 19.7 Å². The summed E-state index contributed by atoms with van der Waals surface area (Å²) in [6.07, 6.45) is -1.93. The van der Waals surface area contributed by atoms with Crippen molar-refractivity contribution in [1.82, 2.24) is 24.4 Å². The molecule has 7 nitrogen and oxygen atoms in total. The lowest BCUT2D eigenvalue weighted by Gasteiger charge is -2.37. The second-order valence-electron chi connectivity index (χ2n) is 6.81. The maximum atomic E-state index is 13.1. The number of allylic oxidation sites excluding steroid dienone is 1. The fraction of sp³-hybridized carbons (Fsp3) is 0.263. The number of hydrogen-bond donors (Lipinski definition) is 0. The Morgan fingerprint density at radius 3 is 2.53 bits per heavy atom. The van der Waals surface area contributed by atoms with Crippen molar-refractivity contribution in [2.24, 2.45) is 7.05 Å². The summed E-state index contributed by atoms with van der Waals surface area (Å²) in [4.78, 5) is 25.5. The van der Waals surface area contributed by atoms with Gasteiger partial charge >= 0.3 is 6.36 Å². The van der Waals surface area contributed by atoms with Crippen LogP contribution in [0, 0.1) is 0 Å². The van der Waals surface area contributed by atoms with E-state index in [0.717, 1.165) is 6.20 Å². The molecule has 0 amide bonds. The van der Waals surface area contributed by atoms with Crippen LogP contribution in [0.4, 0.5) is 17.6 Å². The maximum Gasteiger partial charge on any atom is 0.573 e. The number of halogens is 4. The summed E-state index contributed by atoms with van der Waals surface area (Å²) in [5.41, 5.74) is 2.11. The zero-order valence-electron chi connectivity index (χ0n) is 15.6. The molecule has 156 valence electrons. The Bertz CT molecular complexity index is 1120. The lowest BCUT2D eigenvalue weighted by Crippen LogP contribution is -2.42. The van der Waals surface area contributed by atoms with E-state index in [1.165, 1.54) is 24.3 Å². The highest BCUT2D eigenvalue weighted by Crippen LogP contribution is 2.32. The van der Waals surface area contributed by atoms with Gasteiger partial charge in [-0.25, -0.2) is 19.3 Å². The van der Waals surface area contributed by atoms with Crippen LogP contribution in [0.1, 0.15) is 11.7 Å². The predicted molar refractivity (Wildman–Crippen MR) is 98.0 cm³/mol. The average Bonchev–Trinajstić information content (AvgIpc) is 3.04. The number of fused-ring (bicyclic) bond motifs is 1. The Hall–Kier alpha value is -3.50. The van der Waals surface area contributed by atoms with Gasteiger partial charge in [-0.05, 0) is 24.3 Å². The Labute approximate surface area is 167 Å².